The van der Waals surface area contributed by atoms with Gasteiger partial charge >= 0.3 is 0 Å². The van der Waals surface area contributed by atoms with Crippen LogP contribution in [-0.2, 0) is 0 Å². The van der Waals surface area contributed by atoms with Gasteiger partial charge in [-0.1, -0.05) is 36.4 Å². The highest BCUT2D eigenvalue weighted by atomic mass is 19.1. The molecule has 2 N–H and O–H groups in total. The van der Waals surface area contributed by atoms with E-state index in [4.69, 9.17) is 4.98 Å². The van der Waals surface area contributed by atoms with Crippen LogP contribution in [0.5, 0.6) is 0 Å². The summed E-state index contributed by atoms with van der Waals surface area (Å²) in [6.07, 6.45) is 0. The van der Waals surface area contributed by atoms with Crippen LogP contribution in [0.25, 0.3) is 33.2 Å². The molecule has 2 aromatic heterocycles. The summed E-state index contributed by atoms with van der Waals surface area (Å²) in [5, 5.41) is 10.9. The highest BCUT2D eigenvalue weighted by Gasteiger charge is 2.15. The minimum Gasteiger partial charge on any atom is -0.322 e. The predicted octanol–water partition coefficient (Wildman–Crippen LogP) is 5.50. The van der Waals surface area contributed by atoms with Gasteiger partial charge in [0.05, 0.1) is 10.9 Å². The molecule has 7 heteroatoms. The first kappa shape index (κ1) is 17.2. The van der Waals surface area contributed by atoms with Gasteiger partial charge in [-0.05, 0) is 30.7 Å². The Morgan fingerprint density at radius 1 is 0.862 bits per heavy atom. The molecule has 5 aromatic rings. The zero-order chi connectivity index (χ0) is 20.0. The van der Waals surface area contributed by atoms with E-state index in [1.54, 1.807) is 0 Å². The molecule has 0 fully saturated rings. The molecule has 5 rings (SSSR count). The number of anilines is 2. The minimum absolute atomic E-state index is 0.131. The standard InChI is InChI=1S/C22H15F2N5/c1-12-6-2-3-7-14(12)20-25-18-9-5-4-8-15(18)21(26-20)27-22-16-10-13(23)11-17(24)19(16)28-29-22/h2-11H,1H3,(H2,25,26,27,28,29). The molecular formula is C22H15F2N5. The topological polar surface area (TPSA) is 66.5 Å². The molecule has 0 bridgehead atoms. The van der Waals surface area contributed by atoms with Crippen molar-refractivity contribution in [2.45, 2.75) is 6.92 Å². The molecule has 0 unspecified atom stereocenters. The number of halogens is 2. The van der Waals surface area contributed by atoms with Gasteiger partial charge in [-0.25, -0.2) is 18.7 Å². The Morgan fingerprint density at radius 2 is 1.66 bits per heavy atom. The van der Waals surface area contributed by atoms with Gasteiger partial charge in [0.2, 0.25) is 0 Å². The molecule has 0 aliphatic heterocycles. The van der Waals surface area contributed by atoms with Crippen molar-refractivity contribution < 1.29 is 8.78 Å². The molecule has 3 aromatic carbocycles. The number of hydrogen-bond acceptors (Lipinski definition) is 4. The molecule has 2 heterocycles. The summed E-state index contributed by atoms with van der Waals surface area (Å²) in [6, 6.07) is 17.4. The van der Waals surface area contributed by atoms with Crippen LogP contribution < -0.4 is 5.32 Å². The molecule has 142 valence electrons. The van der Waals surface area contributed by atoms with Crippen molar-refractivity contribution in [1.82, 2.24) is 20.2 Å². The summed E-state index contributed by atoms with van der Waals surface area (Å²) >= 11 is 0. The second kappa shape index (κ2) is 6.63. The average molecular weight is 387 g/mol. The molecule has 0 amide bonds. The van der Waals surface area contributed by atoms with Gasteiger partial charge in [-0.3, -0.25) is 5.10 Å². The molecule has 0 saturated carbocycles. The van der Waals surface area contributed by atoms with E-state index in [0.29, 0.717) is 17.0 Å². The maximum absolute atomic E-state index is 14.0. The number of benzene rings is 3. The first-order valence-electron chi connectivity index (χ1n) is 9.03. The number of fused-ring (bicyclic) bond motifs is 2. The fraction of sp³-hybridized carbons (Fsp3) is 0.0455. The van der Waals surface area contributed by atoms with Crippen LogP contribution >= 0.6 is 0 Å². The number of nitrogens with one attached hydrogen (secondary N) is 2. The van der Waals surface area contributed by atoms with E-state index in [1.165, 1.54) is 6.07 Å². The lowest BCUT2D eigenvalue weighted by Crippen LogP contribution is -2.00. The van der Waals surface area contributed by atoms with Crippen molar-refractivity contribution >= 4 is 33.4 Å². The number of hydrogen-bond donors (Lipinski definition) is 2. The van der Waals surface area contributed by atoms with Crippen molar-refractivity contribution in [2.24, 2.45) is 0 Å². The number of nitrogens with zero attached hydrogens (tertiary/aromatic N) is 3. The molecule has 0 radical (unpaired) electrons. The third kappa shape index (κ3) is 2.97. The first-order valence-corrected chi connectivity index (χ1v) is 9.03. The van der Waals surface area contributed by atoms with Crippen LogP contribution in [0.4, 0.5) is 20.4 Å². The lowest BCUT2D eigenvalue weighted by Gasteiger charge is -2.11. The van der Waals surface area contributed by atoms with E-state index in [-0.39, 0.29) is 11.3 Å². The molecule has 0 aliphatic carbocycles. The highest BCUT2D eigenvalue weighted by Crippen LogP contribution is 2.31. The van der Waals surface area contributed by atoms with Gasteiger partial charge in [0.25, 0.3) is 0 Å². The predicted molar refractivity (Wildman–Crippen MR) is 109 cm³/mol. The molecule has 0 spiro atoms. The van der Waals surface area contributed by atoms with Gasteiger partial charge in [0.1, 0.15) is 17.2 Å². The van der Waals surface area contributed by atoms with E-state index < -0.39 is 11.6 Å². The van der Waals surface area contributed by atoms with Crippen LogP contribution in [-0.4, -0.2) is 20.2 Å². The van der Waals surface area contributed by atoms with Crippen molar-refractivity contribution in [3.8, 4) is 11.4 Å². The lowest BCUT2D eigenvalue weighted by atomic mass is 10.1. The fourth-order valence-corrected chi connectivity index (χ4v) is 3.37. The third-order valence-electron chi connectivity index (χ3n) is 4.82. The molecule has 5 nitrogen and oxygen atoms in total. The number of aromatic nitrogens is 4. The summed E-state index contributed by atoms with van der Waals surface area (Å²) < 4.78 is 27.8. The molecule has 29 heavy (non-hydrogen) atoms. The molecular weight excluding hydrogens is 372 g/mol. The Bertz CT molecular complexity index is 1380. The maximum Gasteiger partial charge on any atom is 0.162 e. The number of para-hydroxylation sites is 1. The van der Waals surface area contributed by atoms with Crippen LogP contribution in [0.1, 0.15) is 5.56 Å². The Morgan fingerprint density at radius 3 is 2.52 bits per heavy atom. The van der Waals surface area contributed by atoms with Crippen molar-refractivity contribution in [3.63, 3.8) is 0 Å². The molecule has 0 aliphatic rings. The van der Waals surface area contributed by atoms with E-state index in [1.807, 2.05) is 55.5 Å². The minimum atomic E-state index is -0.700. The number of H-pyrrole nitrogens is 1. The number of aromatic amines is 1. The summed E-state index contributed by atoms with van der Waals surface area (Å²) in [4.78, 5) is 9.38. The second-order valence-electron chi connectivity index (χ2n) is 6.74. The Hall–Kier alpha value is -3.87. The Labute approximate surface area is 164 Å². The van der Waals surface area contributed by atoms with E-state index in [0.717, 1.165) is 28.1 Å². The van der Waals surface area contributed by atoms with E-state index in [9.17, 15) is 8.78 Å². The fourth-order valence-electron chi connectivity index (χ4n) is 3.37. The average Bonchev–Trinajstić information content (AvgIpc) is 3.11. The maximum atomic E-state index is 14.0. The number of aryl methyl sites for hydroxylation is 1. The van der Waals surface area contributed by atoms with Crippen LogP contribution in [0, 0.1) is 18.6 Å². The van der Waals surface area contributed by atoms with Gasteiger partial charge in [0, 0.05) is 17.0 Å². The highest BCUT2D eigenvalue weighted by molar-refractivity contribution is 5.97. The quantitative estimate of drug-likeness (QED) is 0.429. The first-order chi connectivity index (χ1) is 14.1. The third-order valence-corrected chi connectivity index (χ3v) is 4.82. The Balaban J connectivity index is 1.70. The largest absolute Gasteiger partial charge is 0.322 e. The van der Waals surface area contributed by atoms with Crippen molar-refractivity contribution in [3.05, 3.63) is 77.9 Å². The van der Waals surface area contributed by atoms with Crippen LogP contribution in [0.15, 0.2) is 60.7 Å². The summed E-state index contributed by atoms with van der Waals surface area (Å²) in [5.74, 6) is -0.0206. The monoisotopic (exact) mass is 387 g/mol. The zero-order valence-corrected chi connectivity index (χ0v) is 15.4. The second-order valence-corrected chi connectivity index (χ2v) is 6.74. The van der Waals surface area contributed by atoms with Gasteiger partial charge in [-0.15, -0.1) is 0 Å². The zero-order valence-electron chi connectivity index (χ0n) is 15.4. The SMILES string of the molecule is Cc1ccccc1-c1nc(Nc2n[nH]c3c(F)cc(F)cc23)c2ccccc2n1. The van der Waals surface area contributed by atoms with Crippen molar-refractivity contribution in [2.75, 3.05) is 5.32 Å². The van der Waals surface area contributed by atoms with Gasteiger partial charge in [-0.2, -0.15) is 5.10 Å². The smallest absolute Gasteiger partial charge is 0.162 e. The molecule has 0 saturated heterocycles. The normalized spacial score (nSPS) is 11.3. The Kier molecular flexibility index (Phi) is 3.94. The molecule has 0 atom stereocenters. The van der Waals surface area contributed by atoms with Gasteiger partial charge < -0.3 is 5.32 Å². The summed E-state index contributed by atoms with van der Waals surface area (Å²) in [6.45, 7) is 1.99. The van der Waals surface area contributed by atoms with Crippen molar-refractivity contribution in [1.29, 1.82) is 0 Å². The van der Waals surface area contributed by atoms with E-state index >= 15 is 0 Å². The number of rotatable bonds is 3. The summed E-state index contributed by atoms with van der Waals surface area (Å²) in [7, 11) is 0. The van der Waals surface area contributed by atoms with Crippen LogP contribution in [0.2, 0.25) is 0 Å². The lowest BCUT2D eigenvalue weighted by molar-refractivity contribution is 0.590. The summed E-state index contributed by atoms with van der Waals surface area (Å²) in [5.41, 5.74) is 2.83. The van der Waals surface area contributed by atoms with Gasteiger partial charge in [0.15, 0.2) is 17.5 Å². The van der Waals surface area contributed by atoms with Crippen LogP contribution in [0.3, 0.4) is 0 Å². The van der Waals surface area contributed by atoms with E-state index in [2.05, 4.69) is 20.5 Å².